The molecule has 0 aliphatic heterocycles. The zero-order valence-electron chi connectivity index (χ0n) is 17.2. The van der Waals surface area contributed by atoms with Gasteiger partial charge in [0.15, 0.2) is 0 Å². The summed E-state index contributed by atoms with van der Waals surface area (Å²) in [6, 6.07) is 19.7. The third-order valence-corrected chi connectivity index (χ3v) is 4.81. The van der Waals surface area contributed by atoms with Crippen LogP contribution in [0.15, 0.2) is 83.0 Å². The van der Waals surface area contributed by atoms with E-state index in [-0.39, 0.29) is 11.8 Å². The van der Waals surface area contributed by atoms with E-state index >= 15 is 0 Å². The largest absolute Gasteiger partial charge is 0.273 e. The maximum Gasteiger partial charge on any atom is 0.240 e. The van der Waals surface area contributed by atoms with E-state index in [2.05, 4.69) is 21.1 Å². The molecule has 2 aromatic carbocycles. The molecule has 7 heteroatoms. The van der Waals surface area contributed by atoms with Crippen LogP contribution in [0.3, 0.4) is 0 Å². The number of nitrogens with zero attached hydrogens (tertiary/aromatic N) is 2. The Morgan fingerprint density at radius 1 is 0.710 bits per heavy atom. The van der Waals surface area contributed by atoms with Crippen LogP contribution in [0.2, 0.25) is 0 Å². The number of amides is 2. The van der Waals surface area contributed by atoms with Crippen molar-refractivity contribution in [3.63, 3.8) is 0 Å². The molecule has 0 unspecified atom stereocenters. The molecular weight excluding hydrogens is 408 g/mol. The van der Waals surface area contributed by atoms with E-state index in [1.165, 1.54) is 24.2 Å². The van der Waals surface area contributed by atoms with Crippen LogP contribution in [0.5, 0.6) is 0 Å². The van der Waals surface area contributed by atoms with Crippen LogP contribution in [-0.4, -0.2) is 35.7 Å². The van der Waals surface area contributed by atoms with Crippen LogP contribution in [-0.2, 0) is 9.59 Å². The Kier molecular flexibility index (Phi) is 11.8. The van der Waals surface area contributed by atoms with Crippen LogP contribution in [0.4, 0.5) is 0 Å². The molecule has 0 spiro atoms. The molecule has 160 valence electrons. The van der Waals surface area contributed by atoms with E-state index in [0.29, 0.717) is 24.3 Å². The smallest absolute Gasteiger partial charge is 0.240 e. The molecule has 0 aliphatic rings. The number of hydrazone groups is 2. The van der Waals surface area contributed by atoms with Crippen LogP contribution in [0.25, 0.3) is 12.2 Å². The minimum atomic E-state index is -0.156. The van der Waals surface area contributed by atoms with E-state index in [9.17, 15) is 9.59 Å². The first-order valence-corrected chi connectivity index (χ1v) is 11.0. The molecule has 0 radical (unpaired) electrons. The number of hydrogen-bond donors (Lipinski definition) is 2. The molecule has 2 amide bonds. The lowest BCUT2D eigenvalue weighted by Crippen LogP contribution is -2.19. The lowest BCUT2D eigenvalue weighted by Gasteiger charge is -2.01. The Labute approximate surface area is 187 Å². The summed E-state index contributed by atoms with van der Waals surface area (Å²) in [5.41, 5.74) is 7.09. The topological polar surface area (TPSA) is 82.9 Å². The summed E-state index contributed by atoms with van der Waals surface area (Å²) < 4.78 is 0. The van der Waals surface area contributed by atoms with Gasteiger partial charge in [-0.25, -0.2) is 10.9 Å². The van der Waals surface area contributed by atoms with Gasteiger partial charge in [-0.2, -0.15) is 22.0 Å². The Balaban J connectivity index is 1.48. The molecule has 0 saturated carbocycles. The standard InChI is InChI=1S/C24H26N4O2S/c29-23(27-25-17-7-13-21-9-3-1-4-10-21)15-19-31-20-16-24(30)28-26-18-8-14-22-11-5-2-6-12-22/h1-14,17-18H,15-16,19-20H2,(H,27,29)(H,28,30). The summed E-state index contributed by atoms with van der Waals surface area (Å²) in [5.74, 6) is 0.932. The Morgan fingerprint density at radius 2 is 1.13 bits per heavy atom. The second kappa shape index (κ2) is 15.4. The average Bonchev–Trinajstić information content (AvgIpc) is 2.80. The van der Waals surface area contributed by atoms with Crippen molar-refractivity contribution < 1.29 is 9.59 Å². The fourth-order valence-corrected chi connectivity index (χ4v) is 3.15. The van der Waals surface area contributed by atoms with Gasteiger partial charge < -0.3 is 0 Å². The van der Waals surface area contributed by atoms with Gasteiger partial charge >= 0.3 is 0 Å². The molecule has 2 rings (SSSR count). The van der Waals surface area contributed by atoms with E-state index in [1.807, 2.05) is 72.8 Å². The number of rotatable bonds is 12. The van der Waals surface area contributed by atoms with E-state index in [1.54, 1.807) is 12.2 Å². The number of allylic oxidation sites excluding steroid dienone is 2. The average molecular weight is 435 g/mol. The first-order chi connectivity index (χ1) is 15.2. The predicted molar refractivity (Wildman–Crippen MR) is 131 cm³/mol. The summed E-state index contributed by atoms with van der Waals surface area (Å²) in [7, 11) is 0. The highest BCUT2D eigenvalue weighted by molar-refractivity contribution is 7.99. The van der Waals surface area contributed by atoms with Gasteiger partial charge in [-0.3, -0.25) is 9.59 Å². The van der Waals surface area contributed by atoms with Gasteiger partial charge in [0.1, 0.15) is 0 Å². The summed E-state index contributed by atoms with van der Waals surface area (Å²) in [4.78, 5) is 23.4. The molecule has 0 aliphatic carbocycles. The van der Waals surface area contributed by atoms with Crippen molar-refractivity contribution in [3.05, 3.63) is 83.9 Å². The third-order valence-electron chi connectivity index (χ3n) is 3.82. The second-order valence-corrected chi connectivity index (χ2v) is 7.50. The fraction of sp³-hybridized carbons (Fsp3) is 0.167. The van der Waals surface area contributed by atoms with Gasteiger partial charge in [-0.15, -0.1) is 0 Å². The molecule has 6 nitrogen and oxygen atoms in total. The number of benzene rings is 2. The first kappa shape index (κ1) is 23.8. The maximum atomic E-state index is 11.7. The highest BCUT2D eigenvalue weighted by Crippen LogP contribution is 2.04. The van der Waals surface area contributed by atoms with Crippen molar-refractivity contribution in [3.8, 4) is 0 Å². The molecule has 0 atom stereocenters. The monoisotopic (exact) mass is 434 g/mol. The Hall–Kier alpha value is -3.45. The van der Waals surface area contributed by atoms with Crippen molar-refractivity contribution in [1.82, 2.24) is 10.9 Å². The number of nitrogens with one attached hydrogen (secondary N) is 2. The normalized spacial score (nSPS) is 11.6. The van der Waals surface area contributed by atoms with Crippen molar-refractivity contribution in [2.45, 2.75) is 12.8 Å². The summed E-state index contributed by atoms with van der Waals surface area (Å²) in [6.07, 6.45) is 11.1. The van der Waals surface area contributed by atoms with Gasteiger partial charge in [-0.1, -0.05) is 72.8 Å². The summed E-state index contributed by atoms with van der Waals surface area (Å²) in [5, 5.41) is 7.75. The number of hydrogen-bond acceptors (Lipinski definition) is 5. The Morgan fingerprint density at radius 3 is 1.55 bits per heavy atom. The summed E-state index contributed by atoms with van der Waals surface area (Å²) in [6.45, 7) is 0. The van der Waals surface area contributed by atoms with Crippen LogP contribution in [0, 0.1) is 0 Å². The number of thioether (sulfide) groups is 1. The molecule has 0 bridgehead atoms. The molecule has 0 saturated heterocycles. The minimum Gasteiger partial charge on any atom is -0.273 e. The quantitative estimate of drug-likeness (QED) is 0.299. The molecular formula is C24H26N4O2S. The van der Waals surface area contributed by atoms with Gasteiger partial charge in [0.2, 0.25) is 11.8 Å². The highest BCUT2D eigenvalue weighted by atomic mass is 32.2. The van der Waals surface area contributed by atoms with Gasteiger partial charge in [0.25, 0.3) is 0 Å². The Bertz CT molecular complexity index is 834. The molecule has 0 aromatic heterocycles. The van der Waals surface area contributed by atoms with Crippen molar-refractivity contribution in [2.75, 3.05) is 11.5 Å². The van der Waals surface area contributed by atoms with E-state index in [4.69, 9.17) is 0 Å². The van der Waals surface area contributed by atoms with E-state index in [0.717, 1.165) is 11.1 Å². The summed E-state index contributed by atoms with van der Waals surface area (Å²) >= 11 is 1.54. The molecule has 31 heavy (non-hydrogen) atoms. The van der Waals surface area contributed by atoms with Gasteiger partial charge in [0, 0.05) is 36.8 Å². The van der Waals surface area contributed by atoms with E-state index < -0.39 is 0 Å². The fourth-order valence-electron chi connectivity index (χ4n) is 2.28. The minimum absolute atomic E-state index is 0.156. The lowest BCUT2D eigenvalue weighted by molar-refractivity contribution is -0.121. The van der Waals surface area contributed by atoms with Crippen LogP contribution >= 0.6 is 11.8 Å². The first-order valence-electron chi connectivity index (χ1n) is 9.89. The van der Waals surface area contributed by atoms with Crippen molar-refractivity contribution >= 4 is 48.2 Å². The molecule has 2 N–H and O–H groups in total. The van der Waals surface area contributed by atoms with Crippen LogP contribution < -0.4 is 10.9 Å². The third kappa shape index (κ3) is 12.0. The van der Waals surface area contributed by atoms with Crippen LogP contribution in [0.1, 0.15) is 24.0 Å². The van der Waals surface area contributed by atoms with Gasteiger partial charge in [0.05, 0.1) is 0 Å². The lowest BCUT2D eigenvalue weighted by atomic mass is 10.2. The molecule has 0 heterocycles. The second-order valence-electron chi connectivity index (χ2n) is 6.28. The molecule has 2 aromatic rings. The number of carbonyl (C=O) groups is 2. The highest BCUT2D eigenvalue weighted by Gasteiger charge is 2.02. The number of carbonyl (C=O) groups excluding carboxylic acids is 2. The van der Waals surface area contributed by atoms with Gasteiger partial charge in [-0.05, 0) is 23.3 Å². The maximum absolute atomic E-state index is 11.7. The zero-order valence-corrected chi connectivity index (χ0v) is 18.0. The SMILES string of the molecule is O=C(CCSCCC(=O)NN=CC=Cc1ccccc1)NN=CC=Cc1ccccc1. The zero-order chi connectivity index (χ0) is 22.0. The molecule has 0 fully saturated rings. The predicted octanol–water partition coefficient (Wildman–Crippen LogP) is 4.13. The van der Waals surface area contributed by atoms with Crippen molar-refractivity contribution in [1.29, 1.82) is 0 Å². The van der Waals surface area contributed by atoms with Crippen molar-refractivity contribution in [2.24, 2.45) is 10.2 Å².